The van der Waals surface area contributed by atoms with Crippen LogP contribution in [0, 0.1) is 0 Å². The average molecular weight is 445 g/mol. The van der Waals surface area contributed by atoms with E-state index in [2.05, 4.69) is 4.98 Å². The van der Waals surface area contributed by atoms with E-state index >= 15 is 0 Å². The lowest BCUT2D eigenvalue weighted by Crippen LogP contribution is -2.42. The van der Waals surface area contributed by atoms with E-state index < -0.39 is 12.1 Å². The fourth-order valence-electron chi connectivity index (χ4n) is 3.76. The zero-order valence-electron chi connectivity index (χ0n) is 17.4. The van der Waals surface area contributed by atoms with Gasteiger partial charge in [-0.25, -0.2) is 9.78 Å². The molecule has 2 heterocycles. The highest BCUT2D eigenvalue weighted by atomic mass is 32.1. The SMILES string of the molecule is CCOc1ccc(N(C(=O)C2Cc3ccccc3C(=O)O2)c2nc3ccccc3s2)cc1. The minimum absolute atomic E-state index is 0.319. The molecule has 6 nitrogen and oxygen atoms in total. The lowest BCUT2D eigenvalue weighted by Gasteiger charge is -2.28. The third-order valence-corrected chi connectivity index (χ3v) is 6.29. The number of cyclic esters (lactones) is 1. The van der Waals surface area contributed by atoms with Crippen LogP contribution in [0.25, 0.3) is 10.2 Å². The smallest absolute Gasteiger partial charge is 0.339 e. The molecular weight excluding hydrogens is 424 g/mol. The number of aromatic nitrogens is 1. The fraction of sp³-hybridized carbons (Fsp3) is 0.160. The number of para-hydroxylation sites is 1. The van der Waals surface area contributed by atoms with Gasteiger partial charge in [0.2, 0.25) is 0 Å². The van der Waals surface area contributed by atoms with Gasteiger partial charge in [0.1, 0.15) is 5.75 Å². The van der Waals surface area contributed by atoms with Crippen LogP contribution in [-0.2, 0) is 16.0 Å². The Morgan fingerprint density at radius 3 is 2.62 bits per heavy atom. The quantitative estimate of drug-likeness (QED) is 0.399. The van der Waals surface area contributed by atoms with Gasteiger partial charge in [-0.3, -0.25) is 9.69 Å². The summed E-state index contributed by atoms with van der Waals surface area (Å²) in [6, 6.07) is 22.2. The van der Waals surface area contributed by atoms with Gasteiger partial charge >= 0.3 is 5.97 Å². The number of carbonyl (C=O) groups is 2. The molecule has 4 aromatic rings. The third kappa shape index (κ3) is 3.71. The molecule has 3 aromatic carbocycles. The number of nitrogens with zero attached hydrogens (tertiary/aromatic N) is 2. The number of thiazole rings is 1. The van der Waals surface area contributed by atoms with E-state index in [1.165, 1.54) is 16.2 Å². The van der Waals surface area contributed by atoms with Gasteiger partial charge in [-0.1, -0.05) is 41.7 Å². The Morgan fingerprint density at radius 1 is 1.09 bits per heavy atom. The molecule has 0 fully saturated rings. The Morgan fingerprint density at radius 2 is 1.84 bits per heavy atom. The molecule has 0 N–H and O–H groups in total. The van der Waals surface area contributed by atoms with Gasteiger partial charge in [0.05, 0.1) is 28.1 Å². The highest BCUT2D eigenvalue weighted by Gasteiger charge is 2.36. The van der Waals surface area contributed by atoms with Crippen molar-refractivity contribution in [2.45, 2.75) is 19.4 Å². The minimum Gasteiger partial charge on any atom is -0.494 e. The van der Waals surface area contributed by atoms with E-state index in [-0.39, 0.29) is 5.91 Å². The van der Waals surface area contributed by atoms with Crippen LogP contribution >= 0.6 is 11.3 Å². The van der Waals surface area contributed by atoms with Crippen molar-refractivity contribution in [2.24, 2.45) is 0 Å². The molecule has 32 heavy (non-hydrogen) atoms. The van der Waals surface area contributed by atoms with Crippen LogP contribution in [0.15, 0.2) is 72.8 Å². The molecule has 160 valence electrons. The zero-order valence-corrected chi connectivity index (χ0v) is 18.2. The van der Waals surface area contributed by atoms with Crippen LogP contribution in [0.3, 0.4) is 0 Å². The first-order valence-corrected chi connectivity index (χ1v) is 11.2. The summed E-state index contributed by atoms with van der Waals surface area (Å²) in [6.45, 7) is 2.47. The van der Waals surface area contributed by atoms with Gasteiger partial charge in [0, 0.05) is 6.42 Å². The van der Waals surface area contributed by atoms with Crippen LogP contribution < -0.4 is 9.64 Å². The average Bonchev–Trinajstić information content (AvgIpc) is 3.24. The molecule has 5 rings (SSSR count). The van der Waals surface area contributed by atoms with Crippen molar-refractivity contribution in [3.05, 3.63) is 83.9 Å². The Bertz CT molecular complexity index is 1270. The van der Waals surface area contributed by atoms with Gasteiger partial charge in [-0.05, 0) is 55.0 Å². The molecule has 0 saturated carbocycles. The minimum atomic E-state index is -0.934. The third-order valence-electron chi connectivity index (χ3n) is 5.27. The van der Waals surface area contributed by atoms with Crippen LogP contribution in [-0.4, -0.2) is 29.6 Å². The molecule has 1 aromatic heterocycles. The first-order chi connectivity index (χ1) is 15.6. The summed E-state index contributed by atoms with van der Waals surface area (Å²) in [5.41, 5.74) is 2.75. The van der Waals surface area contributed by atoms with Crippen molar-refractivity contribution < 1.29 is 19.1 Å². The van der Waals surface area contributed by atoms with E-state index in [0.29, 0.717) is 35.2 Å². The van der Waals surface area contributed by atoms with E-state index in [1.807, 2.05) is 67.6 Å². The molecule has 0 spiro atoms. The highest BCUT2D eigenvalue weighted by Crippen LogP contribution is 2.36. The van der Waals surface area contributed by atoms with Gasteiger partial charge in [0.15, 0.2) is 11.2 Å². The van der Waals surface area contributed by atoms with E-state index in [1.54, 1.807) is 12.1 Å². The van der Waals surface area contributed by atoms with Crippen molar-refractivity contribution in [1.82, 2.24) is 4.98 Å². The van der Waals surface area contributed by atoms with Gasteiger partial charge in [0.25, 0.3) is 5.91 Å². The number of hydrogen-bond donors (Lipinski definition) is 0. The monoisotopic (exact) mass is 444 g/mol. The number of benzene rings is 3. The predicted octanol–water partition coefficient (Wildman–Crippen LogP) is 5.14. The number of amides is 1. The fourth-order valence-corrected chi connectivity index (χ4v) is 4.75. The van der Waals surface area contributed by atoms with Crippen LogP contribution in [0.4, 0.5) is 10.8 Å². The number of carbonyl (C=O) groups excluding carboxylic acids is 2. The highest BCUT2D eigenvalue weighted by molar-refractivity contribution is 7.22. The molecule has 1 aliphatic heterocycles. The molecule has 7 heteroatoms. The van der Waals surface area contributed by atoms with Crippen LogP contribution in [0.1, 0.15) is 22.8 Å². The lowest BCUT2D eigenvalue weighted by atomic mass is 9.98. The molecule has 1 aliphatic rings. The van der Waals surface area contributed by atoms with E-state index in [9.17, 15) is 9.59 Å². The summed E-state index contributed by atoms with van der Waals surface area (Å²) in [5.74, 6) is -0.108. The maximum absolute atomic E-state index is 13.7. The van der Waals surface area contributed by atoms with Crippen molar-refractivity contribution >= 4 is 44.2 Å². The molecule has 1 amide bonds. The van der Waals surface area contributed by atoms with Crippen molar-refractivity contribution in [2.75, 3.05) is 11.5 Å². The van der Waals surface area contributed by atoms with Crippen LogP contribution in [0.5, 0.6) is 5.75 Å². The number of anilines is 2. The first kappa shape index (κ1) is 20.2. The second kappa shape index (κ2) is 8.43. The maximum atomic E-state index is 13.7. The zero-order chi connectivity index (χ0) is 22.1. The Hall–Kier alpha value is -3.71. The predicted molar refractivity (Wildman–Crippen MR) is 124 cm³/mol. The molecule has 1 unspecified atom stereocenters. The summed E-state index contributed by atoms with van der Waals surface area (Å²) in [6.07, 6.45) is -0.616. The van der Waals surface area contributed by atoms with Crippen molar-refractivity contribution in [3.63, 3.8) is 0 Å². The molecule has 0 bridgehead atoms. The molecule has 1 atom stereocenters. The molecular formula is C25H20N2O4S. The topological polar surface area (TPSA) is 68.7 Å². The Labute approximate surface area is 189 Å². The van der Waals surface area contributed by atoms with Crippen molar-refractivity contribution in [3.8, 4) is 5.75 Å². The largest absolute Gasteiger partial charge is 0.494 e. The van der Waals surface area contributed by atoms with E-state index in [4.69, 9.17) is 9.47 Å². The molecule has 0 aliphatic carbocycles. The van der Waals surface area contributed by atoms with Gasteiger partial charge in [-0.2, -0.15) is 0 Å². The summed E-state index contributed by atoms with van der Waals surface area (Å²) >= 11 is 1.42. The molecule has 0 saturated heterocycles. The van der Waals surface area contributed by atoms with Crippen molar-refractivity contribution in [1.29, 1.82) is 0 Å². The Balaban J connectivity index is 1.55. The van der Waals surface area contributed by atoms with Gasteiger partial charge in [-0.15, -0.1) is 0 Å². The lowest BCUT2D eigenvalue weighted by molar-refractivity contribution is -0.126. The second-order valence-corrected chi connectivity index (χ2v) is 8.33. The van der Waals surface area contributed by atoms with Gasteiger partial charge < -0.3 is 9.47 Å². The number of esters is 1. The van der Waals surface area contributed by atoms with E-state index in [0.717, 1.165) is 15.8 Å². The normalized spacial score (nSPS) is 15.2. The number of hydrogen-bond acceptors (Lipinski definition) is 6. The number of fused-ring (bicyclic) bond motifs is 2. The summed E-state index contributed by atoms with van der Waals surface area (Å²) in [4.78, 5) is 32.5. The maximum Gasteiger partial charge on any atom is 0.339 e. The first-order valence-electron chi connectivity index (χ1n) is 10.4. The number of ether oxygens (including phenoxy) is 2. The van der Waals surface area contributed by atoms with Crippen LogP contribution in [0.2, 0.25) is 0 Å². The molecule has 0 radical (unpaired) electrons. The second-order valence-electron chi connectivity index (χ2n) is 7.32. The number of rotatable bonds is 5. The Kier molecular flexibility index (Phi) is 5.33. The summed E-state index contributed by atoms with van der Waals surface area (Å²) in [5, 5.41) is 0.523. The summed E-state index contributed by atoms with van der Waals surface area (Å²) in [7, 11) is 0. The standard InChI is InChI=1S/C25H20N2O4S/c1-2-30-18-13-11-17(12-14-18)27(25-26-20-9-5-6-10-22(20)32-25)23(28)21-15-16-7-3-4-8-19(16)24(29)31-21/h3-14,21H,2,15H2,1H3. The summed E-state index contributed by atoms with van der Waals surface area (Å²) < 4.78 is 12.1.